The fraction of sp³-hybridized carbons (Fsp3) is 0.308. The Morgan fingerprint density at radius 2 is 0.517 bits per heavy atom. The van der Waals surface area contributed by atoms with E-state index in [1.54, 1.807) is 28.4 Å². The zero-order chi connectivity index (χ0) is 44.1. The highest BCUT2D eigenvalue weighted by Gasteiger charge is 2.32. The fourth-order valence-electron chi connectivity index (χ4n) is 9.23. The van der Waals surface area contributed by atoms with Crippen molar-refractivity contribution in [2.24, 2.45) is 0 Å². The number of ether oxygens (including phenoxy) is 4. The van der Waals surface area contributed by atoms with E-state index in [9.17, 15) is 0 Å². The van der Waals surface area contributed by atoms with Crippen LogP contribution in [0.15, 0.2) is 60.7 Å². The molecule has 0 saturated heterocycles. The Balaban J connectivity index is 1.83. The lowest BCUT2D eigenvalue weighted by molar-refractivity contribution is 0.408. The van der Waals surface area contributed by atoms with Gasteiger partial charge in [0.15, 0.2) is 0 Å². The van der Waals surface area contributed by atoms with Gasteiger partial charge in [0, 0.05) is 10.0 Å². The summed E-state index contributed by atoms with van der Waals surface area (Å²) in [6, 6.07) is 23.1. The summed E-state index contributed by atoms with van der Waals surface area (Å²) in [6.07, 6.45) is 0. The highest BCUT2D eigenvalue weighted by Crippen LogP contribution is 2.48. The number of hydrogen-bond donors (Lipinski definition) is 0. The minimum Gasteiger partial charge on any atom is -0.496 e. The maximum atomic E-state index is 7.44. The molecule has 0 bridgehead atoms. The second kappa shape index (κ2) is 18.1. The molecule has 6 aromatic rings. The Labute approximate surface area is 371 Å². The summed E-state index contributed by atoms with van der Waals surface area (Å²) < 4.78 is 23.6. The van der Waals surface area contributed by atoms with E-state index in [0.29, 0.717) is 0 Å². The molecule has 0 atom stereocenters. The van der Waals surface area contributed by atoms with Crippen molar-refractivity contribution < 1.29 is 18.9 Å². The molecule has 0 heterocycles. The minimum absolute atomic E-state index is 0.756. The van der Waals surface area contributed by atoms with Crippen LogP contribution in [-0.4, -0.2) is 28.4 Å². The second-order valence-electron chi connectivity index (χ2n) is 16.2. The topological polar surface area (TPSA) is 36.9 Å². The minimum atomic E-state index is -1.18. The first-order chi connectivity index (χ1) is 28.4. The summed E-state index contributed by atoms with van der Waals surface area (Å²) in [5.41, 5.74) is 15.2. The van der Waals surface area contributed by atoms with Gasteiger partial charge in [0.05, 0.1) is 28.4 Å². The van der Waals surface area contributed by atoms with Crippen molar-refractivity contribution in [2.45, 2.75) is 83.1 Å². The lowest BCUT2D eigenvalue weighted by Crippen LogP contribution is -2.28. The molecule has 0 N–H and O–H groups in total. The molecule has 0 radical (unpaired) electrons. The number of rotatable bonds is 11. The van der Waals surface area contributed by atoms with Crippen LogP contribution in [0.1, 0.15) is 66.8 Å². The predicted molar refractivity (Wildman–Crippen MR) is 262 cm³/mol. The highest BCUT2D eigenvalue weighted by molar-refractivity contribution is 7.80. The van der Waals surface area contributed by atoms with E-state index in [1.807, 2.05) is 0 Å². The lowest BCUT2D eigenvalue weighted by Gasteiger charge is -2.31. The molecule has 4 nitrogen and oxygen atoms in total. The van der Waals surface area contributed by atoms with Gasteiger partial charge in [0.1, 0.15) is 23.0 Å². The molecule has 314 valence electrons. The molecule has 8 heteroatoms. The number of hydrogen-bond acceptors (Lipinski definition) is 4. The Morgan fingerprint density at radius 3 is 0.700 bits per heavy atom. The summed E-state index contributed by atoms with van der Waals surface area (Å²) in [6.45, 7) is 25.7. The Hall–Kier alpha value is -4.04. The summed E-state index contributed by atoms with van der Waals surface area (Å²) in [7, 11) is 4.64. The average Bonchev–Trinajstić information content (AvgIpc) is 3.17. The van der Waals surface area contributed by atoms with Gasteiger partial charge in [-0.3, -0.25) is 0 Å². The predicted octanol–water partition coefficient (Wildman–Crippen LogP) is 11.9. The third-order valence-electron chi connectivity index (χ3n) is 11.7. The summed E-state index contributed by atoms with van der Waals surface area (Å²) >= 11 is 14.9. The molecular formula is C52H58Cl2O4P2. The van der Waals surface area contributed by atoms with Crippen LogP contribution in [0, 0.1) is 83.1 Å². The van der Waals surface area contributed by atoms with E-state index in [-0.39, 0.29) is 0 Å². The summed E-state index contributed by atoms with van der Waals surface area (Å²) in [4.78, 5) is 0. The lowest BCUT2D eigenvalue weighted by atomic mass is 9.93. The molecule has 0 saturated carbocycles. The van der Waals surface area contributed by atoms with Gasteiger partial charge in [-0.25, -0.2) is 0 Å². The quantitative estimate of drug-likeness (QED) is 0.122. The van der Waals surface area contributed by atoms with E-state index in [0.717, 1.165) is 111 Å². The molecule has 60 heavy (non-hydrogen) atoms. The first-order valence-corrected chi connectivity index (χ1v) is 23.6. The summed E-state index contributed by atoms with van der Waals surface area (Å²) in [5.74, 6) is 3.62. The molecule has 0 fully saturated rings. The van der Waals surface area contributed by atoms with Crippen LogP contribution in [0.4, 0.5) is 0 Å². The van der Waals surface area contributed by atoms with Crippen molar-refractivity contribution >= 4 is 70.9 Å². The molecule has 0 amide bonds. The van der Waals surface area contributed by atoms with Gasteiger partial charge in [0.25, 0.3) is 0 Å². The third kappa shape index (κ3) is 8.19. The van der Waals surface area contributed by atoms with Crippen molar-refractivity contribution in [2.75, 3.05) is 28.4 Å². The monoisotopic (exact) mass is 878 g/mol. The van der Waals surface area contributed by atoms with Crippen LogP contribution in [0.25, 0.3) is 11.1 Å². The van der Waals surface area contributed by atoms with Crippen molar-refractivity contribution in [1.29, 1.82) is 0 Å². The highest BCUT2D eigenvalue weighted by atomic mass is 35.5. The van der Waals surface area contributed by atoms with Crippen molar-refractivity contribution in [3.05, 3.63) is 137 Å². The van der Waals surface area contributed by atoms with Gasteiger partial charge in [-0.15, -0.1) is 0 Å². The standard InChI is InChI=1S/C52H58Cl2O4P2/c1-27-25-43(59(39-17-29(3)49(55-13)30(4)18-39)40-19-31(5)50(56-14)32(6)20-40)45(37(11)47(27)53)46-38(12)48(54)28(2)26-44(46)60(41-21-33(7)51(57-15)34(8)22-41)42-23-35(9)52(58-16)36(10)24-42/h17-26H,1-16H3. The van der Waals surface area contributed by atoms with Crippen LogP contribution < -0.4 is 50.8 Å². The van der Waals surface area contributed by atoms with E-state index >= 15 is 0 Å². The Bertz CT molecular complexity index is 2270. The molecule has 6 rings (SSSR count). The molecule has 6 aromatic carbocycles. The molecular weight excluding hydrogens is 821 g/mol. The van der Waals surface area contributed by atoms with E-state index in [4.69, 9.17) is 42.1 Å². The number of benzene rings is 6. The third-order valence-corrected chi connectivity index (χ3v) is 17.6. The van der Waals surface area contributed by atoms with E-state index in [1.165, 1.54) is 31.8 Å². The van der Waals surface area contributed by atoms with E-state index in [2.05, 4.69) is 144 Å². The van der Waals surface area contributed by atoms with E-state index < -0.39 is 15.8 Å². The number of methoxy groups -OCH3 is 4. The van der Waals surface area contributed by atoms with Crippen LogP contribution in [0.5, 0.6) is 23.0 Å². The maximum Gasteiger partial charge on any atom is 0.124 e. The van der Waals surface area contributed by atoms with Crippen LogP contribution >= 0.6 is 39.0 Å². The van der Waals surface area contributed by atoms with Gasteiger partial charge in [-0.2, -0.15) is 0 Å². The van der Waals surface area contributed by atoms with Gasteiger partial charge >= 0.3 is 0 Å². The van der Waals surface area contributed by atoms with Crippen molar-refractivity contribution in [3.8, 4) is 34.1 Å². The normalized spacial score (nSPS) is 11.5. The summed E-state index contributed by atoms with van der Waals surface area (Å²) in [5, 5.41) is 8.88. The average molecular weight is 880 g/mol. The van der Waals surface area contributed by atoms with Crippen molar-refractivity contribution in [3.63, 3.8) is 0 Å². The zero-order valence-electron chi connectivity index (χ0n) is 38.1. The first-order valence-electron chi connectivity index (χ1n) is 20.2. The van der Waals surface area contributed by atoms with Crippen LogP contribution in [0.2, 0.25) is 10.0 Å². The smallest absolute Gasteiger partial charge is 0.124 e. The van der Waals surface area contributed by atoms with Gasteiger partial charge < -0.3 is 18.9 Å². The van der Waals surface area contributed by atoms with Crippen molar-refractivity contribution in [1.82, 2.24) is 0 Å². The van der Waals surface area contributed by atoms with Crippen LogP contribution in [-0.2, 0) is 0 Å². The maximum absolute atomic E-state index is 7.44. The second-order valence-corrected chi connectivity index (χ2v) is 21.3. The van der Waals surface area contributed by atoms with Crippen LogP contribution in [0.3, 0.4) is 0 Å². The molecule has 0 aliphatic carbocycles. The number of halogens is 2. The fourth-order valence-corrected chi connectivity index (χ4v) is 15.5. The zero-order valence-corrected chi connectivity index (χ0v) is 41.4. The van der Waals surface area contributed by atoms with Gasteiger partial charge in [-0.05, 0) is 269 Å². The SMILES string of the molecule is COc1c(C)cc(P(c2cc(C)c(OC)c(C)c2)c2cc(C)c(Cl)c(C)c2-c2c(P(c3cc(C)c(OC)c(C)c3)c3cc(C)c(OC)c(C)c3)cc(C)c(Cl)c2C)cc1C. The Morgan fingerprint density at radius 1 is 0.317 bits per heavy atom. The first kappa shape index (κ1) is 45.5. The van der Waals surface area contributed by atoms with Gasteiger partial charge in [-0.1, -0.05) is 23.2 Å². The molecule has 0 spiro atoms. The Kier molecular flexibility index (Phi) is 13.7. The number of aryl methyl sites for hydroxylation is 10. The molecule has 0 unspecified atom stereocenters. The molecule has 0 aliphatic rings. The molecule has 0 aromatic heterocycles. The largest absolute Gasteiger partial charge is 0.496 e. The van der Waals surface area contributed by atoms with Gasteiger partial charge in [0.2, 0.25) is 0 Å². The molecule has 0 aliphatic heterocycles.